The van der Waals surface area contributed by atoms with Crippen LogP contribution in [0.2, 0.25) is 0 Å². The molecule has 7 nitrogen and oxygen atoms in total. The SMILES string of the molecule is CCOc1ccc(-n2c(C)cc(/C=N/NC(=O)c3c(C)nc4ccccn34)c2C)cc1. The molecule has 3 aromatic heterocycles. The van der Waals surface area contributed by atoms with Crippen LogP contribution in [-0.4, -0.2) is 32.7 Å². The number of hydrogen-bond donors (Lipinski definition) is 1. The van der Waals surface area contributed by atoms with E-state index in [4.69, 9.17) is 4.74 Å². The second-order valence-corrected chi connectivity index (χ2v) is 7.26. The molecule has 7 heteroatoms. The first-order chi connectivity index (χ1) is 15.0. The molecule has 0 spiro atoms. The van der Waals surface area contributed by atoms with E-state index >= 15 is 0 Å². The second kappa shape index (κ2) is 8.47. The van der Waals surface area contributed by atoms with Gasteiger partial charge in [0, 0.05) is 28.8 Å². The van der Waals surface area contributed by atoms with Crippen molar-refractivity contribution in [1.82, 2.24) is 19.4 Å². The fourth-order valence-corrected chi connectivity index (χ4v) is 3.77. The highest BCUT2D eigenvalue weighted by Gasteiger charge is 2.16. The maximum Gasteiger partial charge on any atom is 0.290 e. The van der Waals surface area contributed by atoms with Gasteiger partial charge < -0.3 is 9.30 Å². The maximum atomic E-state index is 12.7. The van der Waals surface area contributed by atoms with Gasteiger partial charge in [-0.1, -0.05) is 6.07 Å². The van der Waals surface area contributed by atoms with Crippen LogP contribution in [0.5, 0.6) is 5.75 Å². The molecule has 158 valence electrons. The van der Waals surface area contributed by atoms with Gasteiger partial charge >= 0.3 is 0 Å². The van der Waals surface area contributed by atoms with Crippen LogP contribution < -0.4 is 10.2 Å². The topological polar surface area (TPSA) is 72.9 Å². The summed E-state index contributed by atoms with van der Waals surface area (Å²) in [5.41, 5.74) is 8.58. The van der Waals surface area contributed by atoms with Gasteiger partial charge in [-0.2, -0.15) is 5.10 Å². The number of benzene rings is 1. The lowest BCUT2D eigenvalue weighted by Crippen LogP contribution is -2.20. The van der Waals surface area contributed by atoms with E-state index in [9.17, 15) is 4.79 Å². The number of pyridine rings is 1. The fraction of sp³-hybridized carbons (Fsp3) is 0.208. The van der Waals surface area contributed by atoms with Gasteiger partial charge in [0.1, 0.15) is 17.1 Å². The smallest absolute Gasteiger partial charge is 0.290 e. The minimum atomic E-state index is -0.298. The van der Waals surface area contributed by atoms with Crippen LogP contribution in [0, 0.1) is 20.8 Å². The number of fused-ring (bicyclic) bond motifs is 1. The normalized spacial score (nSPS) is 11.4. The average Bonchev–Trinajstić information content (AvgIpc) is 3.24. The van der Waals surface area contributed by atoms with Gasteiger partial charge in [-0.25, -0.2) is 10.4 Å². The monoisotopic (exact) mass is 415 g/mol. The number of hydrogen-bond acceptors (Lipinski definition) is 4. The number of ether oxygens (including phenoxy) is 1. The molecule has 4 rings (SSSR count). The summed E-state index contributed by atoms with van der Waals surface area (Å²) in [6.07, 6.45) is 3.49. The molecule has 0 aliphatic heterocycles. The zero-order chi connectivity index (χ0) is 22.0. The van der Waals surface area contributed by atoms with Gasteiger partial charge in [0.2, 0.25) is 0 Å². The zero-order valence-electron chi connectivity index (χ0n) is 18.1. The molecule has 1 N–H and O–H groups in total. The van der Waals surface area contributed by atoms with Crippen LogP contribution >= 0.6 is 0 Å². The molecule has 0 aliphatic carbocycles. The molecule has 0 bridgehead atoms. The van der Waals surface area contributed by atoms with Crippen molar-refractivity contribution < 1.29 is 9.53 Å². The molecule has 1 aromatic carbocycles. The summed E-state index contributed by atoms with van der Waals surface area (Å²) in [6, 6.07) is 15.6. The van der Waals surface area contributed by atoms with E-state index in [1.54, 1.807) is 10.6 Å². The summed E-state index contributed by atoms with van der Waals surface area (Å²) in [4.78, 5) is 17.1. The van der Waals surface area contributed by atoms with Crippen LogP contribution in [0.3, 0.4) is 0 Å². The molecule has 31 heavy (non-hydrogen) atoms. The molecular formula is C24H25N5O2. The molecule has 0 saturated heterocycles. The highest BCUT2D eigenvalue weighted by molar-refractivity contribution is 5.95. The number of hydrazone groups is 1. The lowest BCUT2D eigenvalue weighted by Gasteiger charge is -2.10. The van der Waals surface area contributed by atoms with Crippen LogP contribution in [0.4, 0.5) is 0 Å². The Bertz CT molecular complexity index is 1270. The molecule has 0 atom stereocenters. The Morgan fingerprint density at radius 1 is 1.16 bits per heavy atom. The van der Waals surface area contributed by atoms with Gasteiger partial charge in [-0.05, 0) is 70.2 Å². The Morgan fingerprint density at radius 3 is 2.68 bits per heavy atom. The van der Waals surface area contributed by atoms with Crippen LogP contribution in [-0.2, 0) is 0 Å². The first-order valence-corrected chi connectivity index (χ1v) is 10.2. The number of carbonyl (C=O) groups is 1. The molecule has 3 heterocycles. The Balaban J connectivity index is 1.54. The Labute approximate surface area is 181 Å². The number of carbonyl (C=O) groups excluding carboxylic acids is 1. The van der Waals surface area contributed by atoms with E-state index in [0.29, 0.717) is 18.0 Å². The quantitative estimate of drug-likeness (QED) is 0.379. The Kier molecular flexibility index (Phi) is 5.58. The van der Waals surface area contributed by atoms with Gasteiger partial charge in [0.15, 0.2) is 0 Å². The van der Waals surface area contributed by atoms with Gasteiger partial charge in [0.05, 0.1) is 18.5 Å². The first kappa shape index (κ1) is 20.4. The number of aromatic nitrogens is 3. The predicted molar refractivity (Wildman–Crippen MR) is 121 cm³/mol. The highest BCUT2D eigenvalue weighted by Crippen LogP contribution is 2.22. The number of aryl methyl sites for hydroxylation is 2. The number of nitrogens with one attached hydrogen (secondary N) is 1. The van der Waals surface area contributed by atoms with Crippen LogP contribution in [0.25, 0.3) is 11.3 Å². The maximum absolute atomic E-state index is 12.7. The van der Waals surface area contributed by atoms with Crippen molar-refractivity contribution in [2.45, 2.75) is 27.7 Å². The van der Waals surface area contributed by atoms with Gasteiger partial charge in [0.25, 0.3) is 5.91 Å². The lowest BCUT2D eigenvalue weighted by molar-refractivity contribution is 0.0948. The summed E-state index contributed by atoms with van der Waals surface area (Å²) in [5.74, 6) is 0.550. The second-order valence-electron chi connectivity index (χ2n) is 7.26. The van der Waals surface area contributed by atoms with E-state index in [0.717, 1.165) is 34.0 Å². The van der Waals surface area contributed by atoms with Crippen molar-refractivity contribution >= 4 is 17.8 Å². The summed E-state index contributed by atoms with van der Waals surface area (Å²) in [5, 5.41) is 4.19. The fourth-order valence-electron chi connectivity index (χ4n) is 3.77. The van der Waals surface area contributed by atoms with E-state index in [1.165, 1.54) is 0 Å². The summed E-state index contributed by atoms with van der Waals surface area (Å²) in [7, 11) is 0. The molecular weight excluding hydrogens is 390 g/mol. The van der Waals surface area contributed by atoms with Gasteiger partial charge in [-0.15, -0.1) is 0 Å². The first-order valence-electron chi connectivity index (χ1n) is 10.2. The van der Waals surface area contributed by atoms with Crippen molar-refractivity contribution in [1.29, 1.82) is 0 Å². The third-order valence-corrected chi connectivity index (χ3v) is 5.17. The van der Waals surface area contributed by atoms with E-state index < -0.39 is 0 Å². The van der Waals surface area contributed by atoms with Crippen molar-refractivity contribution in [3.05, 3.63) is 83.1 Å². The number of amides is 1. The van der Waals surface area contributed by atoms with Crippen LogP contribution in [0.1, 0.15) is 40.1 Å². The minimum absolute atomic E-state index is 0.298. The van der Waals surface area contributed by atoms with E-state index in [1.807, 2.05) is 82.4 Å². The largest absolute Gasteiger partial charge is 0.494 e. The van der Waals surface area contributed by atoms with Crippen molar-refractivity contribution in [3.63, 3.8) is 0 Å². The highest BCUT2D eigenvalue weighted by atomic mass is 16.5. The Hall–Kier alpha value is -3.87. The third kappa shape index (κ3) is 3.94. The standard InChI is InChI=1S/C24H25N5O2/c1-5-31-21-11-9-20(10-12-21)29-16(2)14-19(18(29)4)15-25-27-24(30)23-17(3)26-22-8-6-7-13-28(22)23/h6-15H,5H2,1-4H3,(H,27,30)/b25-15+. The number of imidazole rings is 1. The molecule has 0 unspecified atom stereocenters. The molecule has 4 aromatic rings. The third-order valence-electron chi connectivity index (χ3n) is 5.17. The summed E-state index contributed by atoms with van der Waals surface area (Å²) >= 11 is 0. The summed E-state index contributed by atoms with van der Waals surface area (Å²) in [6.45, 7) is 8.50. The zero-order valence-corrected chi connectivity index (χ0v) is 18.1. The minimum Gasteiger partial charge on any atom is -0.494 e. The molecule has 1 amide bonds. The molecule has 0 aliphatic rings. The van der Waals surface area contributed by atoms with E-state index in [-0.39, 0.29) is 5.91 Å². The van der Waals surface area contributed by atoms with Crippen LogP contribution in [0.15, 0.2) is 59.8 Å². The van der Waals surface area contributed by atoms with Crippen molar-refractivity contribution in [2.75, 3.05) is 6.61 Å². The molecule has 0 saturated carbocycles. The Morgan fingerprint density at radius 2 is 1.94 bits per heavy atom. The van der Waals surface area contributed by atoms with E-state index in [2.05, 4.69) is 20.1 Å². The summed E-state index contributed by atoms with van der Waals surface area (Å²) < 4.78 is 9.44. The predicted octanol–water partition coefficient (Wildman–Crippen LogP) is 4.21. The van der Waals surface area contributed by atoms with Gasteiger partial charge in [-0.3, -0.25) is 9.20 Å². The molecule has 0 fully saturated rings. The average molecular weight is 415 g/mol. The van der Waals surface area contributed by atoms with Crippen molar-refractivity contribution in [2.24, 2.45) is 5.10 Å². The number of nitrogens with zero attached hydrogens (tertiary/aromatic N) is 4. The number of rotatable bonds is 6. The molecule has 0 radical (unpaired) electrons. The van der Waals surface area contributed by atoms with Crippen molar-refractivity contribution in [3.8, 4) is 11.4 Å². The lowest BCUT2D eigenvalue weighted by atomic mass is 10.2.